The highest BCUT2D eigenvalue weighted by Gasteiger charge is 2.04. The molecule has 2 N–H and O–H groups in total. The van der Waals surface area contributed by atoms with Crippen LogP contribution in [0.5, 0.6) is 0 Å². The van der Waals surface area contributed by atoms with Crippen molar-refractivity contribution >= 4 is 10.9 Å². The van der Waals surface area contributed by atoms with Gasteiger partial charge in [-0.1, -0.05) is 25.1 Å². The Hall–Kier alpha value is -2.07. The second kappa shape index (κ2) is 6.79. The number of imidazole rings is 1. The largest absolute Gasteiger partial charge is 0.347 e. The van der Waals surface area contributed by atoms with Crippen LogP contribution in [0.4, 0.5) is 0 Å². The molecule has 2 aromatic heterocycles. The fourth-order valence-electron chi connectivity index (χ4n) is 2.82. The molecule has 0 amide bonds. The molecule has 0 atom stereocenters. The maximum absolute atomic E-state index is 4.59. The maximum atomic E-state index is 4.59. The predicted molar refractivity (Wildman–Crippen MR) is 91.0 cm³/mol. The minimum absolute atomic E-state index is 0.842. The van der Waals surface area contributed by atoms with Crippen LogP contribution in [0.3, 0.4) is 0 Å². The summed E-state index contributed by atoms with van der Waals surface area (Å²) >= 11 is 0. The predicted octanol–water partition coefficient (Wildman–Crippen LogP) is 3.42. The van der Waals surface area contributed by atoms with E-state index >= 15 is 0 Å². The van der Waals surface area contributed by atoms with Crippen LogP contribution in [-0.4, -0.2) is 21.1 Å². The summed E-state index contributed by atoms with van der Waals surface area (Å²) in [4.78, 5) is 7.92. The van der Waals surface area contributed by atoms with Gasteiger partial charge in [-0.3, -0.25) is 0 Å². The van der Waals surface area contributed by atoms with Gasteiger partial charge in [0, 0.05) is 36.9 Å². The lowest BCUT2D eigenvalue weighted by atomic mass is 10.2. The van der Waals surface area contributed by atoms with Crippen LogP contribution in [0.1, 0.15) is 30.6 Å². The highest BCUT2D eigenvalue weighted by Crippen LogP contribution is 2.15. The van der Waals surface area contributed by atoms with Gasteiger partial charge in [-0.2, -0.15) is 0 Å². The normalized spacial score (nSPS) is 11.4. The molecule has 22 heavy (non-hydrogen) atoms. The molecule has 0 spiro atoms. The minimum Gasteiger partial charge on any atom is -0.347 e. The van der Waals surface area contributed by atoms with E-state index in [1.165, 1.54) is 16.6 Å². The Labute approximate surface area is 131 Å². The second-order valence-electron chi connectivity index (χ2n) is 5.71. The van der Waals surface area contributed by atoms with E-state index < -0.39 is 0 Å². The number of hydrogen-bond acceptors (Lipinski definition) is 2. The number of para-hydroxylation sites is 1. The van der Waals surface area contributed by atoms with Gasteiger partial charge in [0.25, 0.3) is 0 Å². The molecule has 0 saturated carbocycles. The number of benzene rings is 1. The Morgan fingerprint density at radius 3 is 2.91 bits per heavy atom. The summed E-state index contributed by atoms with van der Waals surface area (Å²) in [6.45, 7) is 7.10. The Bertz CT molecular complexity index is 738. The molecule has 0 aliphatic carbocycles. The number of aromatic nitrogens is 3. The number of rotatable bonds is 7. The van der Waals surface area contributed by atoms with Crippen molar-refractivity contribution in [3.8, 4) is 0 Å². The third-order valence-electron chi connectivity index (χ3n) is 4.09. The zero-order chi connectivity index (χ0) is 15.4. The SMILES string of the molecule is CCc1nc(CNCCCn2ccc3ccccc32)c(C)[nH]1. The average Bonchev–Trinajstić information content (AvgIpc) is 3.11. The van der Waals surface area contributed by atoms with Gasteiger partial charge in [0.2, 0.25) is 0 Å². The fraction of sp³-hybridized carbons (Fsp3) is 0.389. The van der Waals surface area contributed by atoms with Gasteiger partial charge >= 0.3 is 0 Å². The quantitative estimate of drug-likeness (QED) is 0.656. The molecular weight excluding hydrogens is 272 g/mol. The van der Waals surface area contributed by atoms with E-state index in [0.29, 0.717) is 0 Å². The van der Waals surface area contributed by atoms with E-state index in [2.05, 4.69) is 70.2 Å². The van der Waals surface area contributed by atoms with Crippen LogP contribution in [0.2, 0.25) is 0 Å². The molecule has 0 aliphatic heterocycles. The lowest BCUT2D eigenvalue weighted by Crippen LogP contribution is -2.17. The first-order valence-electron chi connectivity index (χ1n) is 8.07. The molecule has 0 fully saturated rings. The zero-order valence-electron chi connectivity index (χ0n) is 13.4. The number of nitrogens with one attached hydrogen (secondary N) is 2. The molecule has 1 aromatic carbocycles. The summed E-state index contributed by atoms with van der Waals surface area (Å²) in [5.41, 5.74) is 3.64. The number of fused-ring (bicyclic) bond motifs is 1. The fourth-order valence-corrected chi connectivity index (χ4v) is 2.82. The third-order valence-corrected chi connectivity index (χ3v) is 4.09. The van der Waals surface area contributed by atoms with Gasteiger partial charge < -0.3 is 14.9 Å². The van der Waals surface area contributed by atoms with Gasteiger partial charge in [0.1, 0.15) is 5.82 Å². The summed E-state index contributed by atoms with van der Waals surface area (Å²) in [5, 5.41) is 4.81. The molecule has 0 bridgehead atoms. The Kier molecular flexibility index (Phi) is 4.59. The number of aromatic amines is 1. The van der Waals surface area contributed by atoms with E-state index in [9.17, 15) is 0 Å². The number of aryl methyl sites for hydroxylation is 3. The topological polar surface area (TPSA) is 45.6 Å². The standard InChI is InChI=1S/C18H24N4/c1-3-18-20-14(2)16(21-18)13-19-10-6-11-22-12-9-15-7-4-5-8-17(15)22/h4-5,7-9,12,19H,3,6,10-11,13H2,1-2H3,(H,20,21). The van der Waals surface area contributed by atoms with Crippen LogP contribution in [0.25, 0.3) is 10.9 Å². The Balaban J connectivity index is 1.46. The maximum Gasteiger partial charge on any atom is 0.106 e. The molecule has 0 aliphatic rings. The van der Waals surface area contributed by atoms with Crippen molar-refractivity contribution in [3.63, 3.8) is 0 Å². The zero-order valence-corrected chi connectivity index (χ0v) is 13.4. The molecule has 116 valence electrons. The average molecular weight is 296 g/mol. The van der Waals surface area contributed by atoms with Crippen molar-refractivity contribution < 1.29 is 0 Å². The minimum atomic E-state index is 0.842. The Morgan fingerprint density at radius 1 is 1.23 bits per heavy atom. The lowest BCUT2D eigenvalue weighted by Gasteiger charge is -2.06. The van der Waals surface area contributed by atoms with Crippen molar-refractivity contribution in [3.05, 3.63) is 53.7 Å². The van der Waals surface area contributed by atoms with Gasteiger partial charge in [-0.15, -0.1) is 0 Å². The van der Waals surface area contributed by atoms with Crippen LogP contribution in [0.15, 0.2) is 36.5 Å². The smallest absolute Gasteiger partial charge is 0.106 e. The first kappa shape index (κ1) is 14.9. The van der Waals surface area contributed by atoms with Crippen molar-refractivity contribution in [2.45, 2.75) is 39.8 Å². The van der Waals surface area contributed by atoms with E-state index in [4.69, 9.17) is 0 Å². The van der Waals surface area contributed by atoms with Crippen molar-refractivity contribution in [1.29, 1.82) is 0 Å². The van der Waals surface area contributed by atoms with Crippen LogP contribution in [-0.2, 0) is 19.5 Å². The van der Waals surface area contributed by atoms with Crippen molar-refractivity contribution in [2.75, 3.05) is 6.54 Å². The lowest BCUT2D eigenvalue weighted by molar-refractivity contribution is 0.586. The summed E-state index contributed by atoms with van der Waals surface area (Å²) in [6, 6.07) is 10.7. The van der Waals surface area contributed by atoms with Crippen LogP contribution >= 0.6 is 0 Å². The number of H-pyrrole nitrogens is 1. The van der Waals surface area contributed by atoms with Gasteiger partial charge in [0.15, 0.2) is 0 Å². The van der Waals surface area contributed by atoms with Gasteiger partial charge in [-0.25, -0.2) is 4.98 Å². The van der Waals surface area contributed by atoms with Crippen LogP contribution in [0, 0.1) is 6.92 Å². The van der Waals surface area contributed by atoms with Gasteiger partial charge in [-0.05, 0) is 37.4 Å². The van der Waals surface area contributed by atoms with Crippen molar-refractivity contribution in [2.24, 2.45) is 0 Å². The monoisotopic (exact) mass is 296 g/mol. The number of nitrogens with zero attached hydrogens (tertiary/aromatic N) is 2. The first-order valence-corrected chi connectivity index (χ1v) is 8.07. The third kappa shape index (κ3) is 3.22. The van der Waals surface area contributed by atoms with Crippen molar-refractivity contribution in [1.82, 2.24) is 19.9 Å². The van der Waals surface area contributed by atoms with E-state index in [0.717, 1.165) is 44.0 Å². The number of hydrogen-bond donors (Lipinski definition) is 2. The molecule has 2 heterocycles. The van der Waals surface area contributed by atoms with E-state index in [1.54, 1.807) is 0 Å². The molecule has 3 rings (SSSR count). The molecule has 4 nitrogen and oxygen atoms in total. The second-order valence-corrected chi connectivity index (χ2v) is 5.71. The van der Waals surface area contributed by atoms with E-state index in [1.807, 2.05) is 0 Å². The summed E-state index contributed by atoms with van der Waals surface area (Å²) in [7, 11) is 0. The molecule has 0 radical (unpaired) electrons. The highest BCUT2D eigenvalue weighted by atomic mass is 15.0. The molecule has 4 heteroatoms. The van der Waals surface area contributed by atoms with Crippen LogP contribution < -0.4 is 5.32 Å². The van der Waals surface area contributed by atoms with Gasteiger partial charge in [0.05, 0.1) is 5.69 Å². The summed E-state index contributed by atoms with van der Waals surface area (Å²) in [5.74, 6) is 1.08. The molecular formula is C18H24N4. The molecule has 0 saturated heterocycles. The Morgan fingerprint density at radius 2 is 2.09 bits per heavy atom. The highest BCUT2D eigenvalue weighted by molar-refractivity contribution is 5.79. The van der Waals surface area contributed by atoms with E-state index in [-0.39, 0.29) is 0 Å². The summed E-state index contributed by atoms with van der Waals surface area (Å²) < 4.78 is 2.33. The molecule has 0 unspecified atom stereocenters. The first-order chi connectivity index (χ1) is 10.8. The summed E-state index contributed by atoms with van der Waals surface area (Å²) in [6.07, 6.45) is 4.25. The molecule has 3 aromatic rings.